The van der Waals surface area contributed by atoms with E-state index in [1.54, 1.807) is 24.3 Å². The molecule has 0 spiro atoms. The molecule has 2 nitrogen and oxygen atoms in total. The number of hydrogen-bond acceptors (Lipinski definition) is 2. The molecule has 18 heavy (non-hydrogen) atoms. The summed E-state index contributed by atoms with van der Waals surface area (Å²) in [5, 5.41) is 0.524. The van der Waals surface area contributed by atoms with Crippen LogP contribution in [0.4, 0.5) is 0 Å². The molecule has 0 aliphatic rings. The lowest BCUT2D eigenvalue weighted by atomic mass is 10.1. The van der Waals surface area contributed by atoms with Crippen molar-refractivity contribution in [3.63, 3.8) is 0 Å². The second kappa shape index (κ2) is 5.69. The third-order valence-corrected chi connectivity index (χ3v) is 2.88. The number of halogens is 1. The zero-order chi connectivity index (χ0) is 13.0. The lowest BCUT2D eigenvalue weighted by Crippen LogP contribution is -1.99. The van der Waals surface area contributed by atoms with Gasteiger partial charge in [0.2, 0.25) is 0 Å². The molecule has 2 aromatic carbocycles. The van der Waals surface area contributed by atoms with Crippen LogP contribution in [-0.4, -0.2) is 5.78 Å². The average Bonchev–Trinajstić information content (AvgIpc) is 2.41. The summed E-state index contributed by atoms with van der Waals surface area (Å²) in [5.74, 6) is 1.14. The molecule has 92 valence electrons. The van der Waals surface area contributed by atoms with Crippen molar-refractivity contribution in [2.24, 2.45) is 0 Å². The first kappa shape index (κ1) is 12.7. The van der Waals surface area contributed by atoms with Crippen LogP contribution in [0.1, 0.15) is 23.7 Å². The predicted octanol–water partition coefficient (Wildman–Crippen LogP) is 4.73. The molecule has 0 radical (unpaired) electrons. The van der Waals surface area contributed by atoms with Crippen LogP contribution in [0.15, 0.2) is 48.5 Å². The van der Waals surface area contributed by atoms with E-state index in [4.69, 9.17) is 16.3 Å². The molecule has 0 aliphatic carbocycles. The molecule has 0 aromatic heterocycles. The van der Waals surface area contributed by atoms with E-state index in [9.17, 15) is 4.79 Å². The van der Waals surface area contributed by atoms with Gasteiger partial charge in [-0.1, -0.05) is 42.8 Å². The number of ketones is 1. The lowest BCUT2D eigenvalue weighted by molar-refractivity contribution is 0.0986. The van der Waals surface area contributed by atoms with Gasteiger partial charge < -0.3 is 4.74 Å². The second-order valence-electron chi connectivity index (χ2n) is 3.81. The molecule has 0 bridgehead atoms. The fraction of sp³-hybridized carbons (Fsp3) is 0.133. The highest BCUT2D eigenvalue weighted by atomic mass is 35.5. The Morgan fingerprint density at radius 2 is 1.67 bits per heavy atom. The van der Waals surface area contributed by atoms with Gasteiger partial charge in [-0.3, -0.25) is 4.79 Å². The fourth-order valence-electron chi connectivity index (χ4n) is 1.62. The molecule has 0 atom stereocenters. The Balaban J connectivity index is 2.35. The summed E-state index contributed by atoms with van der Waals surface area (Å²) < 4.78 is 5.71. The largest absolute Gasteiger partial charge is 0.455 e. The van der Waals surface area contributed by atoms with E-state index in [0.717, 1.165) is 0 Å². The molecule has 0 saturated carbocycles. The summed E-state index contributed by atoms with van der Waals surface area (Å²) in [4.78, 5) is 11.8. The van der Waals surface area contributed by atoms with Gasteiger partial charge in [0, 0.05) is 6.42 Å². The van der Waals surface area contributed by atoms with E-state index in [1.807, 2.05) is 31.2 Å². The molecular formula is C15H13ClO2. The first-order valence-corrected chi connectivity index (χ1v) is 6.14. The molecule has 0 amide bonds. The van der Waals surface area contributed by atoms with Gasteiger partial charge >= 0.3 is 0 Å². The van der Waals surface area contributed by atoms with Crippen LogP contribution in [0.25, 0.3) is 0 Å². The highest BCUT2D eigenvalue weighted by Gasteiger charge is 2.11. The van der Waals surface area contributed by atoms with E-state index in [-0.39, 0.29) is 5.78 Å². The number of para-hydroxylation sites is 2. The zero-order valence-electron chi connectivity index (χ0n) is 10.0. The zero-order valence-corrected chi connectivity index (χ0v) is 10.8. The standard InChI is InChI=1S/C15H13ClO2/c1-2-13(17)11-7-3-5-9-14(11)18-15-10-6-4-8-12(15)16/h3-10H,2H2,1H3. The summed E-state index contributed by atoms with van der Waals surface area (Å²) in [6.45, 7) is 1.83. The number of hydrogen-bond donors (Lipinski definition) is 0. The van der Waals surface area contributed by atoms with E-state index in [2.05, 4.69) is 0 Å². The quantitative estimate of drug-likeness (QED) is 0.743. The number of benzene rings is 2. The van der Waals surface area contributed by atoms with Crippen molar-refractivity contribution in [1.82, 2.24) is 0 Å². The van der Waals surface area contributed by atoms with E-state index in [1.165, 1.54) is 0 Å². The molecule has 0 unspecified atom stereocenters. The van der Waals surface area contributed by atoms with Crippen LogP contribution >= 0.6 is 11.6 Å². The van der Waals surface area contributed by atoms with Crippen molar-refractivity contribution in [2.45, 2.75) is 13.3 Å². The smallest absolute Gasteiger partial charge is 0.166 e. The first-order chi connectivity index (χ1) is 8.72. The normalized spacial score (nSPS) is 10.1. The van der Waals surface area contributed by atoms with Crippen LogP contribution in [-0.2, 0) is 0 Å². The van der Waals surface area contributed by atoms with E-state index < -0.39 is 0 Å². The van der Waals surface area contributed by atoms with Crippen molar-refractivity contribution >= 4 is 17.4 Å². The molecular weight excluding hydrogens is 248 g/mol. The first-order valence-electron chi connectivity index (χ1n) is 5.77. The monoisotopic (exact) mass is 260 g/mol. The molecule has 0 N–H and O–H groups in total. The number of ether oxygens (including phenoxy) is 1. The average molecular weight is 261 g/mol. The maximum atomic E-state index is 11.8. The van der Waals surface area contributed by atoms with Crippen LogP contribution in [0.2, 0.25) is 5.02 Å². The minimum Gasteiger partial charge on any atom is -0.455 e. The Hall–Kier alpha value is -1.80. The van der Waals surface area contributed by atoms with Crippen molar-refractivity contribution in [1.29, 1.82) is 0 Å². The Labute approximate surface area is 111 Å². The van der Waals surface area contributed by atoms with Gasteiger partial charge in [0.1, 0.15) is 11.5 Å². The van der Waals surface area contributed by atoms with Gasteiger partial charge in [-0.05, 0) is 24.3 Å². The lowest BCUT2D eigenvalue weighted by Gasteiger charge is -2.10. The summed E-state index contributed by atoms with van der Waals surface area (Å²) >= 11 is 6.03. The number of Topliss-reactive ketones (excluding diaryl/α,β-unsaturated/α-hetero) is 1. The predicted molar refractivity (Wildman–Crippen MR) is 72.6 cm³/mol. The Morgan fingerprint density at radius 1 is 1.06 bits per heavy atom. The fourth-order valence-corrected chi connectivity index (χ4v) is 1.80. The minimum absolute atomic E-state index is 0.0534. The molecule has 0 aliphatic heterocycles. The Bertz CT molecular complexity index is 564. The third kappa shape index (κ3) is 2.71. The highest BCUT2D eigenvalue weighted by Crippen LogP contribution is 2.31. The SMILES string of the molecule is CCC(=O)c1ccccc1Oc1ccccc1Cl. The topological polar surface area (TPSA) is 26.3 Å². The van der Waals surface area contributed by atoms with Crippen LogP contribution < -0.4 is 4.74 Å². The van der Waals surface area contributed by atoms with Gasteiger partial charge in [-0.25, -0.2) is 0 Å². The number of rotatable bonds is 4. The number of carbonyl (C=O) groups is 1. The Kier molecular flexibility index (Phi) is 4.00. The molecule has 0 heterocycles. The van der Waals surface area contributed by atoms with Gasteiger partial charge in [0.25, 0.3) is 0 Å². The van der Waals surface area contributed by atoms with Crippen molar-refractivity contribution < 1.29 is 9.53 Å². The maximum Gasteiger partial charge on any atom is 0.166 e. The highest BCUT2D eigenvalue weighted by molar-refractivity contribution is 6.32. The van der Waals surface area contributed by atoms with E-state index in [0.29, 0.717) is 28.5 Å². The summed E-state index contributed by atoms with van der Waals surface area (Å²) in [5.41, 5.74) is 0.583. The molecule has 3 heteroatoms. The van der Waals surface area contributed by atoms with Crippen LogP contribution in [0.5, 0.6) is 11.5 Å². The van der Waals surface area contributed by atoms with Crippen molar-refractivity contribution in [2.75, 3.05) is 0 Å². The molecule has 0 saturated heterocycles. The Morgan fingerprint density at radius 3 is 2.33 bits per heavy atom. The van der Waals surface area contributed by atoms with Gasteiger partial charge in [-0.2, -0.15) is 0 Å². The van der Waals surface area contributed by atoms with Crippen LogP contribution in [0, 0.1) is 0 Å². The summed E-state index contributed by atoms with van der Waals surface area (Å²) in [6, 6.07) is 14.4. The molecule has 2 rings (SSSR count). The maximum absolute atomic E-state index is 11.8. The van der Waals surface area contributed by atoms with Gasteiger partial charge in [0.05, 0.1) is 10.6 Å². The minimum atomic E-state index is 0.0534. The van der Waals surface area contributed by atoms with Gasteiger partial charge in [0.15, 0.2) is 5.78 Å². The molecule has 2 aromatic rings. The summed E-state index contributed by atoms with van der Waals surface area (Å²) in [7, 11) is 0. The molecule has 0 fully saturated rings. The van der Waals surface area contributed by atoms with Crippen molar-refractivity contribution in [3.05, 3.63) is 59.1 Å². The second-order valence-corrected chi connectivity index (χ2v) is 4.21. The third-order valence-electron chi connectivity index (χ3n) is 2.57. The van der Waals surface area contributed by atoms with E-state index >= 15 is 0 Å². The van der Waals surface area contributed by atoms with Crippen molar-refractivity contribution in [3.8, 4) is 11.5 Å². The van der Waals surface area contributed by atoms with Crippen LogP contribution in [0.3, 0.4) is 0 Å². The number of carbonyl (C=O) groups excluding carboxylic acids is 1. The summed E-state index contributed by atoms with van der Waals surface area (Å²) in [6.07, 6.45) is 0.447. The van der Waals surface area contributed by atoms with Gasteiger partial charge in [-0.15, -0.1) is 0 Å².